The van der Waals surface area contributed by atoms with Crippen LogP contribution in [-0.2, 0) is 17.6 Å². The fraction of sp³-hybridized carbons (Fsp3) is 0.263. The Balaban J connectivity index is 1.90. The molecule has 0 bridgehead atoms. The van der Waals surface area contributed by atoms with Crippen LogP contribution in [0.25, 0.3) is 0 Å². The van der Waals surface area contributed by atoms with E-state index in [2.05, 4.69) is 15.4 Å². The van der Waals surface area contributed by atoms with Gasteiger partial charge >= 0.3 is 6.09 Å². The molecule has 0 aliphatic heterocycles. The van der Waals surface area contributed by atoms with E-state index in [1.165, 1.54) is 18.4 Å². The number of hydrogen-bond acceptors (Lipinski definition) is 6. The van der Waals surface area contributed by atoms with E-state index in [1.807, 2.05) is 6.07 Å². The van der Waals surface area contributed by atoms with Gasteiger partial charge in [0.25, 0.3) is 11.8 Å². The number of benzene rings is 1. The summed E-state index contributed by atoms with van der Waals surface area (Å²) in [7, 11) is 1.18. The van der Waals surface area contributed by atoms with Gasteiger partial charge in [-0.3, -0.25) is 14.9 Å². The Labute approximate surface area is 159 Å². The number of alkyl carbamates (subject to hydrolysis) is 1. The standard InChI is InChI=1S/C19H17N3O4S/c1-26-19(25)22-17(24)15-13-4-2-3-5-14(13)27-18(15)21-16(23)12-8-6-11(10-20)7-9-12/h6-9H,2-5H2,1H3,(H,21,23)(H,22,24,25). The highest BCUT2D eigenvalue weighted by Crippen LogP contribution is 2.38. The number of carbonyl (C=O) groups excluding carboxylic acids is 3. The lowest BCUT2D eigenvalue weighted by atomic mass is 9.95. The molecule has 1 heterocycles. The summed E-state index contributed by atoms with van der Waals surface area (Å²) in [5.74, 6) is -0.971. The molecule has 0 saturated heterocycles. The second-order valence-corrected chi connectivity index (χ2v) is 7.11. The van der Waals surface area contributed by atoms with Gasteiger partial charge in [0, 0.05) is 10.4 Å². The summed E-state index contributed by atoms with van der Waals surface area (Å²) in [4.78, 5) is 37.6. The number of hydrogen-bond donors (Lipinski definition) is 2. The van der Waals surface area contributed by atoms with Gasteiger partial charge in [0.2, 0.25) is 0 Å². The summed E-state index contributed by atoms with van der Waals surface area (Å²) in [6.07, 6.45) is 2.69. The number of nitriles is 1. The minimum absolute atomic E-state index is 0.321. The van der Waals surface area contributed by atoms with Crippen LogP contribution in [0.4, 0.5) is 9.80 Å². The number of amides is 3. The summed E-state index contributed by atoms with van der Waals surface area (Å²) >= 11 is 1.36. The number of rotatable bonds is 3. The van der Waals surface area contributed by atoms with Crippen molar-refractivity contribution < 1.29 is 19.1 Å². The predicted molar refractivity (Wildman–Crippen MR) is 99.9 cm³/mol. The van der Waals surface area contributed by atoms with Crippen molar-refractivity contribution in [2.75, 3.05) is 12.4 Å². The first-order chi connectivity index (χ1) is 13.0. The summed E-state index contributed by atoms with van der Waals surface area (Å²) in [5.41, 5.74) is 2.03. The molecule has 2 aromatic rings. The van der Waals surface area contributed by atoms with Crippen molar-refractivity contribution in [3.63, 3.8) is 0 Å². The number of fused-ring (bicyclic) bond motifs is 1. The molecular weight excluding hydrogens is 366 g/mol. The number of anilines is 1. The van der Waals surface area contributed by atoms with Crippen molar-refractivity contribution >= 4 is 34.2 Å². The second-order valence-electron chi connectivity index (χ2n) is 6.00. The zero-order valence-electron chi connectivity index (χ0n) is 14.6. The molecule has 0 fully saturated rings. The van der Waals surface area contributed by atoms with Crippen LogP contribution in [0.1, 0.15) is 49.6 Å². The summed E-state index contributed by atoms with van der Waals surface area (Å²) in [6, 6.07) is 8.21. The van der Waals surface area contributed by atoms with Crippen LogP contribution < -0.4 is 10.6 Å². The van der Waals surface area contributed by atoms with E-state index in [0.29, 0.717) is 21.7 Å². The fourth-order valence-electron chi connectivity index (χ4n) is 2.97. The minimum atomic E-state index is -0.847. The van der Waals surface area contributed by atoms with E-state index in [-0.39, 0.29) is 5.91 Å². The molecule has 27 heavy (non-hydrogen) atoms. The molecule has 3 rings (SSSR count). The van der Waals surface area contributed by atoms with Gasteiger partial charge in [-0.2, -0.15) is 5.26 Å². The average Bonchev–Trinajstić information content (AvgIpc) is 3.05. The molecule has 0 unspecified atom stereocenters. The maximum atomic E-state index is 12.6. The average molecular weight is 383 g/mol. The monoisotopic (exact) mass is 383 g/mol. The first kappa shape index (κ1) is 18.6. The van der Waals surface area contributed by atoms with Crippen molar-refractivity contribution in [1.82, 2.24) is 5.32 Å². The minimum Gasteiger partial charge on any atom is -0.453 e. The maximum Gasteiger partial charge on any atom is 0.413 e. The molecule has 7 nitrogen and oxygen atoms in total. The molecule has 1 aromatic carbocycles. The third kappa shape index (κ3) is 3.99. The Morgan fingerprint density at radius 2 is 1.81 bits per heavy atom. The van der Waals surface area contributed by atoms with E-state index in [4.69, 9.17) is 5.26 Å². The zero-order chi connectivity index (χ0) is 19.4. The largest absolute Gasteiger partial charge is 0.453 e. The van der Waals surface area contributed by atoms with Crippen LogP contribution in [0.2, 0.25) is 0 Å². The maximum absolute atomic E-state index is 12.6. The number of ether oxygens (including phenoxy) is 1. The highest BCUT2D eigenvalue weighted by atomic mass is 32.1. The van der Waals surface area contributed by atoms with Gasteiger partial charge in [0.05, 0.1) is 24.3 Å². The first-order valence-electron chi connectivity index (χ1n) is 8.39. The van der Waals surface area contributed by atoms with Crippen LogP contribution in [-0.4, -0.2) is 25.0 Å². The summed E-state index contributed by atoms with van der Waals surface area (Å²) in [6.45, 7) is 0. The molecule has 138 valence electrons. The third-order valence-electron chi connectivity index (χ3n) is 4.30. The van der Waals surface area contributed by atoms with E-state index in [9.17, 15) is 14.4 Å². The Kier molecular flexibility index (Phi) is 5.52. The van der Waals surface area contributed by atoms with Gasteiger partial charge < -0.3 is 10.1 Å². The van der Waals surface area contributed by atoms with Gasteiger partial charge in [0.15, 0.2) is 0 Å². The molecule has 0 radical (unpaired) electrons. The van der Waals surface area contributed by atoms with E-state index in [1.54, 1.807) is 24.3 Å². The van der Waals surface area contributed by atoms with Gasteiger partial charge in [-0.1, -0.05) is 0 Å². The molecule has 2 N–H and O–H groups in total. The smallest absolute Gasteiger partial charge is 0.413 e. The number of nitrogens with one attached hydrogen (secondary N) is 2. The Morgan fingerprint density at radius 3 is 2.48 bits per heavy atom. The SMILES string of the molecule is COC(=O)NC(=O)c1c(NC(=O)c2ccc(C#N)cc2)sc2c1CCCC2. The molecule has 0 spiro atoms. The lowest BCUT2D eigenvalue weighted by molar-refractivity contribution is 0.0937. The second kappa shape index (κ2) is 8.01. The van der Waals surface area contributed by atoms with Crippen molar-refractivity contribution in [3.8, 4) is 6.07 Å². The number of nitrogens with zero attached hydrogens (tertiary/aromatic N) is 1. The quantitative estimate of drug-likeness (QED) is 0.846. The lowest BCUT2D eigenvalue weighted by Crippen LogP contribution is -2.31. The molecule has 1 aromatic heterocycles. The molecule has 1 aliphatic carbocycles. The number of aryl methyl sites for hydroxylation is 1. The van der Waals surface area contributed by atoms with Crippen molar-refractivity contribution in [1.29, 1.82) is 5.26 Å². The predicted octanol–water partition coefficient (Wildman–Crippen LogP) is 3.25. The van der Waals surface area contributed by atoms with Crippen LogP contribution >= 0.6 is 11.3 Å². The van der Waals surface area contributed by atoms with Crippen LogP contribution in [0, 0.1) is 11.3 Å². The lowest BCUT2D eigenvalue weighted by Gasteiger charge is -2.12. The first-order valence-corrected chi connectivity index (χ1v) is 9.20. The summed E-state index contributed by atoms with van der Waals surface area (Å²) in [5, 5.41) is 14.2. The number of methoxy groups -OCH3 is 1. The Hall–Kier alpha value is -3.18. The van der Waals surface area contributed by atoms with Gasteiger partial charge in [0.1, 0.15) is 5.00 Å². The normalized spacial score (nSPS) is 12.4. The van der Waals surface area contributed by atoms with Crippen LogP contribution in [0.15, 0.2) is 24.3 Å². The van der Waals surface area contributed by atoms with Gasteiger partial charge in [-0.05, 0) is 55.5 Å². The van der Waals surface area contributed by atoms with E-state index >= 15 is 0 Å². The van der Waals surface area contributed by atoms with Gasteiger partial charge in [-0.25, -0.2) is 4.79 Å². The molecule has 0 atom stereocenters. The van der Waals surface area contributed by atoms with E-state index in [0.717, 1.165) is 36.1 Å². The van der Waals surface area contributed by atoms with Crippen LogP contribution in [0.3, 0.4) is 0 Å². The molecular formula is C19H17N3O4S. The fourth-order valence-corrected chi connectivity index (χ4v) is 4.25. The molecule has 1 aliphatic rings. The molecule has 3 amide bonds. The summed E-state index contributed by atoms with van der Waals surface area (Å²) < 4.78 is 4.49. The van der Waals surface area contributed by atoms with Crippen molar-refractivity contribution in [3.05, 3.63) is 51.4 Å². The molecule has 0 saturated carbocycles. The topological polar surface area (TPSA) is 108 Å². The highest BCUT2D eigenvalue weighted by Gasteiger charge is 2.27. The Morgan fingerprint density at radius 1 is 1.11 bits per heavy atom. The third-order valence-corrected chi connectivity index (χ3v) is 5.51. The molecule has 8 heteroatoms. The van der Waals surface area contributed by atoms with Crippen molar-refractivity contribution in [2.24, 2.45) is 0 Å². The highest BCUT2D eigenvalue weighted by molar-refractivity contribution is 7.17. The number of carbonyl (C=O) groups is 3. The van der Waals surface area contributed by atoms with E-state index < -0.39 is 12.0 Å². The number of thiophene rings is 1. The number of imide groups is 1. The van der Waals surface area contributed by atoms with Crippen LogP contribution in [0.5, 0.6) is 0 Å². The van der Waals surface area contributed by atoms with Crippen molar-refractivity contribution in [2.45, 2.75) is 25.7 Å². The zero-order valence-corrected chi connectivity index (χ0v) is 15.4. The Bertz CT molecular complexity index is 941. The van der Waals surface area contributed by atoms with Gasteiger partial charge in [-0.15, -0.1) is 11.3 Å².